The molecule has 2 aromatic heterocycles. The molecule has 0 amide bonds. The first kappa shape index (κ1) is 18.9. The predicted molar refractivity (Wildman–Crippen MR) is 108 cm³/mol. The fourth-order valence-corrected chi connectivity index (χ4v) is 5.11. The predicted octanol–water partition coefficient (Wildman–Crippen LogP) is 2.03. The zero-order valence-corrected chi connectivity index (χ0v) is 17.0. The highest BCUT2D eigenvalue weighted by atomic mass is 16.3. The molecule has 154 valence electrons. The Hall–Kier alpha value is -2.12. The zero-order chi connectivity index (χ0) is 20.0. The molecule has 1 saturated carbocycles. The first-order valence-corrected chi connectivity index (χ1v) is 10.9. The van der Waals surface area contributed by atoms with E-state index in [0.717, 1.165) is 55.7 Å². The molecule has 5 rings (SSSR count). The minimum Gasteiger partial charge on any atom is -0.388 e. The Morgan fingerprint density at radius 2 is 1.79 bits per heavy atom. The van der Waals surface area contributed by atoms with Gasteiger partial charge in [-0.15, -0.1) is 0 Å². The average Bonchev–Trinajstić information content (AvgIpc) is 3.52. The standard InChI is InChI=1S/C22H29N5O2/c1-2-20-23-11-15(12-24-20)13-26-17-5-6-18(26)10-22(29,9-17)14-27-21(28)8-7-19(25-27)16-3-4-16/h7-8,11-12,16-18,29H,2-6,9-10,13-14H2,1H3. The van der Waals surface area contributed by atoms with Crippen LogP contribution < -0.4 is 5.56 Å². The molecule has 7 nitrogen and oxygen atoms in total. The van der Waals surface area contributed by atoms with E-state index in [1.165, 1.54) is 4.68 Å². The highest BCUT2D eigenvalue weighted by molar-refractivity contribution is 5.13. The molecule has 1 N–H and O–H groups in total. The summed E-state index contributed by atoms with van der Waals surface area (Å²) in [6.07, 6.45) is 10.5. The molecule has 2 saturated heterocycles. The Labute approximate surface area is 170 Å². The summed E-state index contributed by atoms with van der Waals surface area (Å²) < 4.78 is 1.50. The van der Waals surface area contributed by atoms with E-state index in [-0.39, 0.29) is 5.56 Å². The number of hydrogen-bond acceptors (Lipinski definition) is 6. The van der Waals surface area contributed by atoms with E-state index in [4.69, 9.17) is 0 Å². The van der Waals surface area contributed by atoms with Crippen molar-refractivity contribution in [2.24, 2.45) is 0 Å². The summed E-state index contributed by atoms with van der Waals surface area (Å²) in [7, 11) is 0. The van der Waals surface area contributed by atoms with Gasteiger partial charge in [-0.1, -0.05) is 6.92 Å². The normalized spacial score (nSPS) is 29.3. The summed E-state index contributed by atoms with van der Waals surface area (Å²) in [5.74, 6) is 1.37. The maximum Gasteiger partial charge on any atom is 0.266 e. The molecular formula is C22H29N5O2. The first-order chi connectivity index (χ1) is 14.0. The highest BCUT2D eigenvalue weighted by Crippen LogP contribution is 2.42. The maximum absolute atomic E-state index is 12.3. The number of aliphatic hydroxyl groups is 1. The number of piperidine rings is 1. The van der Waals surface area contributed by atoms with E-state index < -0.39 is 5.60 Å². The molecule has 2 unspecified atom stereocenters. The largest absolute Gasteiger partial charge is 0.388 e. The third kappa shape index (κ3) is 3.85. The van der Waals surface area contributed by atoms with E-state index in [1.807, 2.05) is 18.5 Å². The molecule has 7 heteroatoms. The summed E-state index contributed by atoms with van der Waals surface area (Å²) in [6, 6.07) is 4.10. The van der Waals surface area contributed by atoms with E-state index in [2.05, 4.69) is 26.9 Å². The van der Waals surface area contributed by atoms with Gasteiger partial charge in [0.25, 0.3) is 5.56 Å². The van der Waals surface area contributed by atoms with Crippen LogP contribution in [0.3, 0.4) is 0 Å². The van der Waals surface area contributed by atoms with Crippen LogP contribution in [0, 0.1) is 0 Å². The van der Waals surface area contributed by atoms with Crippen molar-refractivity contribution in [3.05, 3.63) is 52.0 Å². The fraction of sp³-hybridized carbons (Fsp3) is 0.636. The lowest BCUT2D eigenvalue weighted by Crippen LogP contribution is -2.53. The topological polar surface area (TPSA) is 84.1 Å². The number of hydrogen-bond donors (Lipinski definition) is 1. The molecule has 2 aromatic rings. The van der Waals surface area contributed by atoms with Crippen molar-refractivity contribution in [3.8, 4) is 0 Å². The Balaban J connectivity index is 1.30. The number of aryl methyl sites for hydroxylation is 1. The van der Waals surface area contributed by atoms with Gasteiger partial charge in [-0.3, -0.25) is 9.69 Å². The van der Waals surface area contributed by atoms with Crippen LogP contribution in [0.15, 0.2) is 29.3 Å². The van der Waals surface area contributed by atoms with Crippen molar-refractivity contribution in [2.75, 3.05) is 0 Å². The number of aromatic nitrogens is 4. The Morgan fingerprint density at radius 1 is 1.10 bits per heavy atom. The van der Waals surface area contributed by atoms with Gasteiger partial charge >= 0.3 is 0 Å². The number of rotatable bonds is 6. The van der Waals surface area contributed by atoms with Crippen molar-refractivity contribution >= 4 is 0 Å². The first-order valence-electron chi connectivity index (χ1n) is 10.9. The van der Waals surface area contributed by atoms with Crippen LogP contribution in [-0.2, 0) is 19.5 Å². The number of nitrogens with zero attached hydrogens (tertiary/aromatic N) is 5. The molecule has 0 spiro atoms. The van der Waals surface area contributed by atoms with Gasteiger partial charge in [0, 0.05) is 55.0 Å². The lowest BCUT2D eigenvalue weighted by molar-refractivity contribution is -0.0678. The third-order valence-corrected chi connectivity index (χ3v) is 6.77. The van der Waals surface area contributed by atoms with Crippen LogP contribution in [-0.4, -0.2) is 47.4 Å². The van der Waals surface area contributed by atoms with E-state index in [0.29, 0.717) is 37.4 Å². The van der Waals surface area contributed by atoms with Crippen LogP contribution in [0.2, 0.25) is 0 Å². The van der Waals surface area contributed by atoms with Gasteiger partial charge in [-0.25, -0.2) is 14.6 Å². The monoisotopic (exact) mass is 395 g/mol. The lowest BCUT2D eigenvalue weighted by atomic mass is 9.85. The molecule has 4 heterocycles. The van der Waals surface area contributed by atoms with E-state index in [9.17, 15) is 9.90 Å². The van der Waals surface area contributed by atoms with Crippen LogP contribution in [0.1, 0.15) is 68.4 Å². The van der Waals surface area contributed by atoms with Crippen LogP contribution in [0.25, 0.3) is 0 Å². The molecule has 3 fully saturated rings. The average molecular weight is 396 g/mol. The van der Waals surface area contributed by atoms with Gasteiger partial charge in [-0.2, -0.15) is 5.10 Å². The van der Waals surface area contributed by atoms with Crippen LogP contribution in [0.4, 0.5) is 0 Å². The zero-order valence-electron chi connectivity index (χ0n) is 17.0. The SMILES string of the molecule is CCc1ncc(CN2C3CCC2CC(O)(Cn2nc(C4CC4)ccc2=O)C3)cn1. The Morgan fingerprint density at radius 3 is 2.41 bits per heavy atom. The second-order valence-corrected chi connectivity index (χ2v) is 9.08. The molecule has 2 aliphatic heterocycles. The molecular weight excluding hydrogens is 366 g/mol. The minimum absolute atomic E-state index is 0.120. The fourth-order valence-electron chi connectivity index (χ4n) is 5.11. The van der Waals surface area contributed by atoms with Crippen molar-refractivity contribution < 1.29 is 5.11 Å². The summed E-state index contributed by atoms with van der Waals surface area (Å²) in [6.45, 7) is 3.17. The molecule has 29 heavy (non-hydrogen) atoms. The van der Waals surface area contributed by atoms with Crippen molar-refractivity contribution in [1.82, 2.24) is 24.6 Å². The summed E-state index contributed by atoms with van der Waals surface area (Å²) in [5, 5.41) is 15.9. The minimum atomic E-state index is -0.871. The molecule has 0 aromatic carbocycles. The summed E-state index contributed by atoms with van der Waals surface area (Å²) in [4.78, 5) is 23.7. The summed E-state index contributed by atoms with van der Waals surface area (Å²) >= 11 is 0. The summed E-state index contributed by atoms with van der Waals surface area (Å²) in [5.41, 5.74) is 1.12. The second kappa shape index (κ2) is 7.29. The van der Waals surface area contributed by atoms with Gasteiger partial charge in [0.05, 0.1) is 17.8 Å². The quantitative estimate of drug-likeness (QED) is 0.806. The van der Waals surface area contributed by atoms with Crippen LogP contribution >= 0.6 is 0 Å². The van der Waals surface area contributed by atoms with Crippen molar-refractivity contribution in [2.45, 2.75) is 88.6 Å². The van der Waals surface area contributed by atoms with E-state index in [1.54, 1.807) is 6.07 Å². The van der Waals surface area contributed by atoms with Gasteiger partial charge in [0.1, 0.15) is 5.82 Å². The number of fused-ring (bicyclic) bond motifs is 2. The van der Waals surface area contributed by atoms with E-state index >= 15 is 0 Å². The molecule has 3 aliphatic rings. The second-order valence-electron chi connectivity index (χ2n) is 9.08. The van der Waals surface area contributed by atoms with Gasteiger partial charge in [0.15, 0.2) is 0 Å². The Bertz CT molecular complexity index is 923. The van der Waals surface area contributed by atoms with Crippen molar-refractivity contribution in [1.29, 1.82) is 0 Å². The Kier molecular flexibility index (Phi) is 4.75. The van der Waals surface area contributed by atoms with Crippen molar-refractivity contribution in [3.63, 3.8) is 0 Å². The molecule has 2 atom stereocenters. The third-order valence-electron chi connectivity index (χ3n) is 6.77. The van der Waals surface area contributed by atoms with Gasteiger partial charge in [0.2, 0.25) is 0 Å². The molecule has 0 radical (unpaired) electrons. The van der Waals surface area contributed by atoms with Gasteiger partial charge < -0.3 is 5.11 Å². The van der Waals surface area contributed by atoms with Gasteiger partial charge in [-0.05, 0) is 44.6 Å². The molecule has 1 aliphatic carbocycles. The smallest absolute Gasteiger partial charge is 0.266 e. The molecule has 2 bridgehead atoms. The maximum atomic E-state index is 12.3. The van der Waals surface area contributed by atoms with Crippen LogP contribution in [0.5, 0.6) is 0 Å². The lowest BCUT2D eigenvalue weighted by Gasteiger charge is -2.43. The highest BCUT2D eigenvalue weighted by Gasteiger charge is 2.47.